The minimum atomic E-state index is -0.494. The van der Waals surface area contributed by atoms with Crippen LogP contribution in [-0.4, -0.2) is 21.1 Å². The molecular weight excluding hydrogens is 314 g/mol. The predicted molar refractivity (Wildman–Crippen MR) is 89.6 cm³/mol. The third-order valence-electron chi connectivity index (χ3n) is 3.56. The van der Waals surface area contributed by atoms with Crippen molar-refractivity contribution in [2.24, 2.45) is 10.7 Å². The van der Waals surface area contributed by atoms with Crippen LogP contribution in [0, 0.1) is 10.1 Å². The van der Waals surface area contributed by atoms with Crippen molar-refractivity contribution in [3.8, 4) is 0 Å². The molecule has 0 spiro atoms. The highest BCUT2D eigenvalue weighted by Crippen LogP contribution is 2.38. The van der Waals surface area contributed by atoms with E-state index >= 15 is 0 Å². The topological polar surface area (TPSA) is 98.6 Å². The molecular formula is C16H13N3O3S. The summed E-state index contributed by atoms with van der Waals surface area (Å²) < 4.78 is 0. The number of thioether (sulfide) groups is 1. The van der Waals surface area contributed by atoms with Crippen molar-refractivity contribution >= 4 is 28.4 Å². The molecule has 0 saturated carbocycles. The largest absolute Gasteiger partial charge is 0.378 e. The number of nitro groups is 1. The Morgan fingerprint density at radius 1 is 1.13 bits per heavy atom. The van der Waals surface area contributed by atoms with Gasteiger partial charge in [0.05, 0.1) is 11.0 Å². The van der Waals surface area contributed by atoms with Gasteiger partial charge in [-0.05, 0) is 17.7 Å². The number of nitrogens with two attached hydrogens (primary N) is 1. The Kier molecular flexibility index (Phi) is 4.12. The Morgan fingerprint density at radius 3 is 2.39 bits per heavy atom. The summed E-state index contributed by atoms with van der Waals surface area (Å²) >= 11 is 1.23. The molecule has 0 amide bonds. The number of hydrogen-bond acceptors (Lipinski definition) is 6. The first kappa shape index (κ1) is 15.2. The summed E-state index contributed by atoms with van der Waals surface area (Å²) in [6, 6.07) is 14.7. The van der Waals surface area contributed by atoms with Crippen LogP contribution >= 0.6 is 11.8 Å². The van der Waals surface area contributed by atoms with Gasteiger partial charge in [-0.25, -0.2) is 0 Å². The number of nitro benzene ring substituents is 1. The second-order valence-corrected chi connectivity index (χ2v) is 6.19. The maximum absolute atomic E-state index is 12.7. The molecule has 0 aromatic heterocycles. The zero-order valence-corrected chi connectivity index (χ0v) is 12.8. The van der Waals surface area contributed by atoms with Crippen molar-refractivity contribution < 1.29 is 9.72 Å². The standard InChI is InChI=1S/C16H13N3O3S/c17-16-18-13(10-4-2-1-3-5-10)15(23-16)14(20)11-6-8-12(9-7-11)19(21)22/h1-9,13,15H,(H2,17,18)/t13-,15+/m0/s1. The second-order valence-electron chi connectivity index (χ2n) is 5.03. The summed E-state index contributed by atoms with van der Waals surface area (Å²) in [6.45, 7) is 0. The number of benzene rings is 2. The summed E-state index contributed by atoms with van der Waals surface area (Å²) in [6.07, 6.45) is 0. The molecule has 0 radical (unpaired) electrons. The van der Waals surface area contributed by atoms with Gasteiger partial charge < -0.3 is 5.73 Å². The average molecular weight is 327 g/mol. The normalized spacial score (nSPS) is 20.1. The van der Waals surface area contributed by atoms with Crippen molar-refractivity contribution in [1.29, 1.82) is 0 Å². The van der Waals surface area contributed by atoms with Gasteiger partial charge in [-0.1, -0.05) is 42.1 Å². The number of Topliss-reactive ketones (excluding diaryl/α,β-unsaturated/α-hetero) is 1. The molecule has 116 valence electrons. The lowest BCUT2D eigenvalue weighted by Gasteiger charge is -2.16. The van der Waals surface area contributed by atoms with E-state index in [2.05, 4.69) is 4.99 Å². The summed E-state index contributed by atoms with van der Waals surface area (Å²) in [4.78, 5) is 27.3. The predicted octanol–water partition coefficient (Wildman–Crippen LogP) is 2.95. The number of aliphatic imine (C=N–C) groups is 1. The highest BCUT2D eigenvalue weighted by Gasteiger charge is 2.36. The Hall–Kier alpha value is -2.67. The molecule has 1 aliphatic heterocycles. The fourth-order valence-corrected chi connectivity index (χ4v) is 3.46. The SMILES string of the molecule is NC1=N[C@@H](c2ccccc2)[C@H](C(=O)c2ccc([N+](=O)[O-])cc2)S1. The van der Waals surface area contributed by atoms with Crippen LogP contribution in [0.2, 0.25) is 0 Å². The molecule has 0 saturated heterocycles. The smallest absolute Gasteiger partial charge is 0.269 e. The molecule has 2 atom stereocenters. The van der Waals surface area contributed by atoms with Gasteiger partial charge in [0, 0.05) is 17.7 Å². The summed E-state index contributed by atoms with van der Waals surface area (Å²) in [5, 5.41) is 10.6. The first-order chi connectivity index (χ1) is 11.1. The average Bonchev–Trinajstić information content (AvgIpc) is 2.97. The molecule has 1 aliphatic rings. The first-order valence-corrected chi connectivity index (χ1v) is 7.78. The van der Waals surface area contributed by atoms with E-state index in [9.17, 15) is 14.9 Å². The molecule has 0 aliphatic carbocycles. The monoisotopic (exact) mass is 327 g/mol. The van der Waals surface area contributed by atoms with Gasteiger partial charge in [0.15, 0.2) is 11.0 Å². The Morgan fingerprint density at radius 2 is 1.78 bits per heavy atom. The van der Waals surface area contributed by atoms with E-state index in [1.807, 2.05) is 30.3 Å². The van der Waals surface area contributed by atoms with Crippen LogP contribution in [0.4, 0.5) is 5.69 Å². The van der Waals surface area contributed by atoms with Crippen LogP contribution in [0.15, 0.2) is 59.6 Å². The molecule has 0 unspecified atom stereocenters. The van der Waals surface area contributed by atoms with Crippen molar-refractivity contribution in [2.45, 2.75) is 11.3 Å². The lowest BCUT2D eigenvalue weighted by Crippen LogP contribution is -2.22. The van der Waals surface area contributed by atoms with Crippen LogP contribution in [0.5, 0.6) is 0 Å². The molecule has 0 fully saturated rings. The van der Waals surface area contributed by atoms with Gasteiger partial charge in [0.2, 0.25) is 0 Å². The fourth-order valence-electron chi connectivity index (χ4n) is 2.44. The summed E-state index contributed by atoms with van der Waals surface area (Å²) in [7, 11) is 0. The highest BCUT2D eigenvalue weighted by molar-refractivity contribution is 8.15. The van der Waals surface area contributed by atoms with E-state index in [1.54, 1.807) is 0 Å². The summed E-state index contributed by atoms with van der Waals surface area (Å²) in [5.74, 6) is -0.136. The zero-order chi connectivity index (χ0) is 16.4. The van der Waals surface area contributed by atoms with Gasteiger partial charge in [0.1, 0.15) is 5.25 Å². The molecule has 6 nitrogen and oxygen atoms in total. The van der Waals surface area contributed by atoms with Gasteiger partial charge in [-0.3, -0.25) is 19.9 Å². The quantitative estimate of drug-likeness (QED) is 0.529. The van der Waals surface area contributed by atoms with E-state index in [1.165, 1.54) is 36.0 Å². The molecule has 23 heavy (non-hydrogen) atoms. The Labute approximate surface area is 136 Å². The van der Waals surface area contributed by atoms with Gasteiger partial charge in [-0.2, -0.15) is 0 Å². The molecule has 3 rings (SSSR count). The number of ketones is 1. The van der Waals surface area contributed by atoms with Crippen molar-refractivity contribution in [3.63, 3.8) is 0 Å². The van der Waals surface area contributed by atoms with Crippen LogP contribution in [0.1, 0.15) is 22.0 Å². The molecule has 2 aromatic carbocycles. The minimum absolute atomic E-state index is 0.0454. The third kappa shape index (κ3) is 3.09. The number of amidine groups is 1. The van der Waals surface area contributed by atoms with Crippen LogP contribution in [-0.2, 0) is 0 Å². The lowest BCUT2D eigenvalue weighted by molar-refractivity contribution is -0.384. The van der Waals surface area contributed by atoms with Gasteiger partial charge in [-0.15, -0.1) is 0 Å². The number of rotatable bonds is 4. The minimum Gasteiger partial charge on any atom is -0.378 e. The van der Waals surface area contributed by atoms with E-state index in [0.717, 1.165) is 5.56 Å². The third-order valence-corrected chi connectivity index (χ3v) is 4.64. The van der Waals surface area contributed by atoms with E-state index in [4.69, 9.17) is 5.73 Å². The van der Waals surface area contributed by atoms with Gasteiger partial charge in [0.25, 0.3) is 5.69 Å². The van der Waals surface area contributed by atoms with E-state index in [0.29, 0.717) is 10.7 Å². The van der Waals surface area contributed by atoms with Gasteiger partial charge >= 0.3 is 0 Å². The number of non-ortho nitro benzene ring substituents is 1. The van der Waals surface area contributed by atoms with Crippen LogP contribution < -0.4 is 5.73 Å². The van der Waals surface area contributed by atoms with E-state index in [-0.39, 0.29) is 17.5 Å². The molecule has 2 aromatic rings. The number of carbonyl (C=O) groups is 1. The molecule has 1 heterocycles. The number of nitrogens with zero attached hydrogens (tertiary/aromatic N) is 2. The summed E-state index contributed by atoms with van der Waals surface area (Å²) in [5.41, 5.74) is 7.09. The van der Waals surface area contributed by atoms with Crippen molar-refractivity contribution in [1.82, 2.24) is 0 Å². The van der Waals surface area contributed by atoms with Crippen LogP contribution in [0.25, 0.3) is 0 Å². The fraction of sp³-hybridized carbons (Fsp3) is 0.125. The zero-order valence-electron chi connectivity index (χ0n) is 12.0. The lowest BCUT2D eigenvalue weighted by atomic mass is 9.98. The Balaban J connectivity index is 1.87. The first-order valence-electron chi connectivity index (χ1n) is 6.90. The maximum Gasteiger partial charge on any atom is 0.269 e. The second kappa shape index (κ2) is 6.21. The van der Waals surface area contributed by atoms with E-state index < -0.39 is 10.2 Å². The van der Waals surface area contributed by atoms with Crippen LogP contribution in [0.3, 0.4) is 0 Å². The number of carbonyl (C=O) groups excluding carboxylic acids is 1. The molecule has 2 N–H and O–H groups in total. The van der Waals surface area contributed by atoms with Crippen molar-refractivity contribution in [2.75, 3.05) is 0 Å². The molecule has 0 bridgehead atoms. The Bertz CT molecular complexity index is 775. The number of hydrogen-bond donors (Lipinski definition) is 1. The van der Waals surface area contributed by atoms with Crippen molar-refractivity contribution in [3.05, 3.63) is 75.8 Å². The molecule has 7 heteroatoms. The maximum atomic E-state index is 12.7. The highest BCUT2D eigenvalue weighted by atomic mass is 32.2.